The van der Waals surface area contributed by atoms with Crippen LogP contribution in [0.15, 0.2) is 42.5 Å². The molecule has 3 aromatic rings. The third-order valence-corrected chi connectivity index (χ3v) is 4.64. The Bertz CT molecular complexity index is 907. The second-order valence-corrected chi connectivity index (χ2v) is 6.46. The predicted octanol–water partition coefficient (Wildman–Crippen LogP) is 4.99. The normalized spacial score (nSPS) is 10.7. The van der Waals surface area contributed by atoms with Gasteiger partial charge < -0.3 is 14.4 Å². The molecule has 1 aromatic heterocycles. The highest BCUT2D eigenvalue weighted by Crippen LogP contribution is 2.35. The number of nitriles is 1. The summed E-state index contributed by atoms with van der Waals surface area (Å²) in [5.74, 6) is 1.20. The number of hydrogen-bond donors (Lipinski definition) is 2. The van der Waals surface area contributed by atoms with Gasteiger partial charge in [0.25, 0.3) is 0 Å². The second-order valence-electron chi connectivity index (χ2n) is 5.39. The van der Waals surface area contributed by atoms with Gasteiger partial charge in [0, 0.05) is 29.4 Å². The van der Waals surface area contributed by atoms with E-state index in [9.17, 15) is 10.4 Å². The van der Waals surface area contributed by atoms with E-state index >= 15 is 0 Å². The Morgan fingerprint density at radius 2 is 1.92 bits per heavy atom. The first-order valence-electron chi connectivity index (χ1n) is 7.93. The summed E-state index contributed by atoms with van der Waals surface area (Å²) in [6, 6.07) is 15.6. The SMILES string of the molecule is CCSNc1ccc(-c2c(C#N)c3ccc(O)cc3n2CC)cc1. The number of phenols is 1. The maximum Gasteiger partial charge on any atom is 0.117 e. The Balaban J connectivity index is 2.16. The molecule has 0 bridgehead atoms. The van der Waals surface area contributed by atoms with Crippen LogP contribution >= 0.6 is 11.9 Å². The Labute approximate surface area is 145 Å². The molecule has 2 N–H and O–H groups in total. The zero-order valence-electron chi connectivity index (χ0n) is 13.7. The number of aromatic hydroxyl groups is 1. The van der Waals surface area contributed by atoms with Gasteiger partial charge in [-0.25, -0.2) is 0 Å². The highest BCUT2D eigenvalue weighted by molar-refractivity contribution is 8.00. The van der Waals surface area contributed by atoms with E-state index in [2.05, 4.69) is 22.3 Å². The molecule has 0 unspecified atom stereocenters. The van der Waals surface area contributed by atoms with E-state index in [4.69, 9.17) is 0 Å². The molecule has 0 aliphatic rings. The van der Waals surface area contributed by atoms with Gasteiger partial charge in [-0.05, 0) is 36.8 Å². The summed E-state index contributed by atoms with van der Waals surface area (Å²) in [6.07, 6.45) is 0. The molecule has 2 aromatic carbocycles. The minimum Gasteiger partial charge on any atom is -0.508 e. The molecule has 3 rings (SSSR count). The second kappa shape index (κ2) is 6.90. The van der Waals surface area contributed by atoms with E-state index in [1.165, 1.54) is 0 Å². The summed E-state index contributed by atoms with van der Waals surface area (Å²) in [5.41, 5.74) is 4.47. The standard InChI is InChI=1S/C19H19N3OS/c1-3-22-18-11-15(23)9-10-16(18)17(12-20)19(22)13-5-7-14(8-6-13)21-24-4-2/h5-11,21,23H,3-4H2,1-2H3. The Kier molecular flexibility index (Phi) is 4.68. The van der Waals surface area contributed by atoms with Gasteiger partial charge in [0.05, 0.1) is 16.8 Å². The van der Waals surface area contributed by atoms with Crippen LogP contribution in [0.3, 0.4) is 0 Å². The summed E-state index contributed by atoms with van der Waals surface area (Å²) < 4.78 is 5.36. The molecule has 0 fully saturated rings. The van der Waals surface area contributed by atoms with Crippen LogP contribution in [0.1, 0.15) is 19.4 Å². The van der Waals surface area contributed by atoms with Crippen molar-refractivity contribution in [1.29, 1.82) is 5.26 Å². The number of anilines is 1. The van der Waals surface area contributed by atoms with Crippen LogP contribution in [0.2, 0.25) is 0 Å². The van der Waals surface area contributed by atoms with Gasteiger partial charge in [0.1, 0.15) is 11.8 Å². The fourth-order valence-corrected chi connectivity index (χ4v) is 3.38. The molecule has 0 aliphatic carbocycles. The number of hydrogen-bond acceptors (Lipinski definition) is 4. The Morgan fingerprint density at radius 3 is 2.54 bits per heavy atom. The zero-order valence-corrected chi connectivity index (χ0v) is 14.5. The number of aromatic nitrogens is 1. The van der Waals surface area contributed by atoms with E-state index in [0.29, 0.717) is 5.56 Å². The Morgan fingerprint density at radius 1 is 1.17 bits per heavy atom. The summed E-state index contributed by atoms with van der Waals surface area (Å²) in [5, 5.41) is 20.4. The lowest BCUT2D eigenvalue weighted by atomic mass is 10.1. The molecule has 0 amide bonds. The van der Waals surface area contributed by atoms with Gasteiger partial charge in [0.2, 0.25) is 0 Å². The molecular formula is C19H19N3OS. The summed E-state index contributed by atoms with van der Waals surface area (Å²) in [7, 11) is 0. The van der Waals surface area contributed by atoms with E-state index in [1.807, 2.05) is 37.3 Å². The largest absolute Gasteiger partial charge is 0.508 e. The van der Waals surface area contributed by atoms with Gasteiger partial charge in [-0.1, -0.05) is 31.0 Å². The van der Waals surface area contributed by atoms with Crippen LogP contribution in [0.5, 0.6) is 5.75 Å². The van der Waals surface area contributed by atoms with Gasteiger partial charge in [-0.3, -0.25) is 0 Å². The van der Waals surface area contributed by atoms with Gasteiger partial charge in [-0.2, -0.15) is 5.26 Å². The lowest BCUT2D eigenvalue weighted by Gasteiger charge is -2.10. The molecule has 0 radical (unpaired) electrons. The summed E-state index contributed by atoms with van der Waals surface area (Å²) >= 11 is 1.65. The average Bonchev–Trinajstić information content (AvgIpc) is 2.92. The van der Waals surface area contributed by atoms with E-state index < -0.39 is 0 Å². The quantitative estimate of drug-likeness (QED) is 0.644. The number of nitrogens with one attached hydrogen (secondary N) is 1. The number of benzene rings is 2. The number of phenolic OH excluding ortho intramolecular Hbond substituents is 1. The molecule has 0 aliphatic heterocycles. The molecule has 24 heavy (non-hydrogen) atoms. The first kappa shape index (κ1) is 16.3. The van der Waals surface area contributed by atoms with Gasteiger partial charge in [0.15, 0.2) is 0 Å². The molecular weight excluding hydrogens is 318 g/mol. The third kappa shape index (κ3) is 2.81. The maximum atomic E-state index is 9.81. The van der Waals surface area contributed by atoms with Gasteiger partial charge in [-0.15, -0.1) is 0 Å². The van der Waals surface area contributed by atoms with Crippen LogP contribution in [0.25, 0.3) is 22.2 Å². The van der Waals surface area contributed by atoms with Crippen LogP contribution in [0, 0.1) is 11.3 Å². The van der Waals surface area contributed by atoms with Crippen molar-refractivity contribution in [2.75, 3.05) is 10.5 Å². The van der Waals surface area contributed by atoms with Crippen molar-refractivity contribution in [2.24, 2.45) is 0 Å². The molecule has 4 nitrogen and oxygen atoms in total. The minimum absolute atomic E-state index is 0.210. The van der Waals surface area contributed by atoms with Crippen LogP contribution < -0.4 is 4.72 Å². The van der Waals surface area contributed by atoms with Crippen molar-refractivity contribution < 1.29 is 5.11 Å². The molecule has 5 heteroatoms. The van der Waals surface area contributed by atoms with E-state index in [0.717, 1.165) is 40.1 Å². The molecule has 1 heterocycles. The van der Waals surface area contributed by atoms with Crippen LogP contribution in [0.4, 0.5) is 5.69 Å². The van der Waals surface area contributed by atoms with Crippen LogP contribution in [-0.2, 0) is 6.54 Å². The predicted molar refractivity (Wildman–Crippen MR) is 101 cm³/mol. The topological polar surface area (TPSA) is 61.0 Å². The maximum absolute atomic E-state index is 9.81. The van der Waals surface area contributed by atoms with E-state index in [-0.39, 0.29) is 5.75 Å². The summed E-state index contributed by atoms with van der Waals surface area (Å²) in [4.78, 5) is 0. The van der Waals surface area contributed by atoms with E-state index in [1.54, 1.807) is 24.1 Å². The third-order valence-electron chi connectivity index (χ3n) is 3.97. The number of fused-ring (bicyclic) bond motifs is 1. The minimum atomic E-state index is 0.210. The smallest absolute Gasteiger partial charge is 0.117 e. The molecule has 122 valence electrons. The lowest BCUT2D eigenvalue weighted by Crippen LogP contribution is -1.97. The monoisotopic (exact) mass is 337 g/mol. The van der Waals surface area contributed by atoms with Crippen molar-refractivity contribution in [2.45, 2.75) is 20.4 Å². The van der Waals surface area contributed by atoms with Crippen molar-refractivity contribution in [3.05, 3.63) is 48.0 Å². The van der Waals surface area contributed by atoms with Crippen molar-refractivity contribution in [3.63, 3.8) is 0 Å². The average molecular weight is 337 g/mol. The molecule has 0 spiro atoms. The summed E-state index contributed by atoms with van der Waals surface area (Å²) in [6.45, 7) is 4.87. The first-order chi connectivity index (χ1) is 11.7. The number of nitrogens with zero attached hydrogens (tertiary/aromatic N) is 2. The first-order valence-corrected chi connectivity index (χ1v) is 8.91. The fraction of sp³-hybridized carbons (Fsp3) is 0.211. The highest BCUT2D eigenvalue weighted by Gasteiger charge is 2.18. The molecule has 0 saturated carbocycles. The number of aryl methyl sites for hydroxylation is 1. The van der Waals surface area contributed by atoms with Crippen molar-refractivity contribution >= 4 is 28.5 Å². The zero-order chi connectivity index (χ0) is 17.1. The molecule has 0 saturated heterocycles. The molecule has 0 atom stereocenters. The fourth-order valence-electron chi connectivity index (χ4n) is 2.93. The van der Waals surface area contributed by atoms with Crippen molar-refractivity contribution in [1.82, 2.24) is 4.57 Å². The van der Waals surface area contributed by atoms with Crippen molar-refractivity contribution in [3.8, 4) is 23.1 Å². The van der Waals surface area contributed by atoms with Gasteiger partial charge >= 0.3 is 0 Å². The number of rotatable bonds is 5. The van der Waals surface area contributed by atoms with Crippen LogP contribution in [-0.4, -0.2) is 15.4 Å². The highest BCUT2D eigenvalue weighted by atomic mass is 32.2. The Hall–Kier alpha value is -2.58. The lowest BCUT2D eigenvalue weighted by molar-refractivity contribution is 0.476.